The number of hydrogen-bond acceptors (Lipinski definition) is 4. The molecule has 0 spiro atoms. The van der Waals surface area contributed by atoms with E-state index in [4.69, 9.17) is 0 Å². The summed E-state index contributed by atoms with van der Waals surface area (Å²) in [6.45, 7) is 2.58. The van der Waals surface area contributed by atoms with Crippen molar-refractivity contribution in [3.8, 4) is 0 Å². The Morgan fingerprint density at radius 2 is 1.78 bits per heavy atom. The Morgan fingerprint density at radius 1 is 1.13 bits per heavy atom. The van der Waals surface area contributed by atoms with Crippen molar-refractivity contribution in [2.75, 3.05) is 6.54 Å². The lowest BCUT2D eigenvalue weighted by molar-refractivity contribution is -0.384. The van der Waals surface area contributed by atoms with E-state index < -0.39 is 6.10 Å². The second-order valence-corrected chi connectivity index (χ2v) is 5.70. The number of non-ortho nitro benzene ring substituents is 1. The molecule has 0 saturated heterocycles. The van der Waals surface area contributed by atoms with Gasteiger partial charge in [-0.3, -0.25) is 10.1 Å². The van der Waals surface area contributed by atoms with Gasteiger partial charge in [-0.15, -0.1) is 0 Å². The maximum absolute atomic E-state index is 10.6. The Bertz CT molecular complexity index is 614. The molecule has 0 aliphatic rings. The molecule has 122 valence electrons. The first-order valence-corrected chi connectivity index (χ1v) is 7.76. The molecule has 2 N–H and O–H groups in total. The highest BCUT2D eigenvalue weighted by Gasteiger charge is 2.09. The van der Waals surface area contributed by atoms with Gasteiger partial charge in [0.15, 0.2) is 0 Å². The van der Waals surface area contributed by atoms with Crippen LogP contribution in [0.4, 0.5) is 5.69 Å². The number of benzene rings is 2. The molecule has 0 heterocycles. The van der Waals surface area contributed by atoms with E-state index in [0.717, 1.165) is 24.0 Å². The van der Waals surface area contributed by atoms with Gasteiger partial charge in [-0.2, -0.15) is 0 Å². The zero-order valence-electron chi connectivity index (χ0n) is 13.2. The van der Waals surface area contributed by atoms with Gasteiger partial charge in [0.05, 0.1) is 11.0 Å². The summed E-state index contributed by atoms with van der Waals surface area (Å²) in [6, 6.07) is 16.5. The Morgan fingerprint density at radius 3 is 2.39 bits per heavy atom. The molecule has 0 unspecified atom stereocenters. The van der Waals surface area contributed by atoms with Crippen molar-refractivity contribution < 1.29 is 10.0 Å². The summed E-state index contributed by atoms with van der Waals surface area (Å²) in [6.07, 6.45) is 1.23. The summed E-state index contributed by atoms with van der Waals surface area (Å²) < 4.78 is 0. The largest absolute Gasteiger partial charge is 0.387 e. The van der Waals surface area contributed by atoms with Crippen LogP contribution in [0.3, 0.4) is 0 Å². The van der Waals surface area contributed by atoms with Crippen molar-refractivity contribution in [1.82, 2.24) is 5.32 Å². The summed E-state index contributed by atoms with van der Waals surface area (Å²) >= 11 is 0. The first-order chi connectivity index (χ1) is 11.1. The fourth-order valence-corrected chi connectivity index (χ4v) is 2.38. The Balaban J connectivity index is 1.74. The van der Waals surface area contributed by atoms with Crippen molar-refractivity contribution in [3.05, 3.63) is 75.8 Å². The van der Waals surface area contributed by atoms with Crippen LogP contribution in [0.5, 0.6) is 0 Å². The maximum Gasteiger partial charge on any atom is 0.269 e. The van der Waals surface area contributed by atoms with Gasteiger partial charge in [-0.25, -0.2) is 0 Å². The van der Waals surface area contributed by atoms with Gasteiger partial charge >= 0.3 is 0 Å². The van der Waals surface area contributed by atoms with Crippen LogP contribution in [0, 0.1) is 10.1 Å². The molecular weight excluding hydrogens is 292 g/mol. The van der Waals surface area contributed by atoms with Gasteiger partial charge in [-0.05, 0) is 30.9 Å². The third-order valence-corrected chi connectivity index (χ3v) is 3.86. The van der Waals surface area contributed by atoms with E-state index >= 15 is 0 Å². The maximum atomic E-state index is 10.6. The fourth-order valence-electron chi connectivity index (χ4n) is 2.38. The lowest BCUT2D eigenvalue weighted by Crippen LogP contribution is -2.30. The Kier molecular flexibility index (Phi) is 6.26. The van der Waals surface area contributed by atoms with Gasteiger partial charge in [0.25, 0.3) is 5.69 Å². The van der Waals surface area contributed by atoms with Crippen molar-refractivity contribution in [3.63, 3.8) is 0 Å². The molecule has 2 aromatic rings. The number of aliphatic hydroxyl groups is 1. The molecular formula is C18H22N2O3. The average Bonchev–Trinajstić information content (AvgIpc) is 2.59. The molecule has 0 saturated carbocycles. The second-order valence-electron chi connectivity index (χ2n) is 5.70. The summed E-state index contributed by atoms with van der Waals surface area (Å²) in [5, 5.41) is 24.0. The second kappa shape index (κ2) is 8.41. The number of aryl methyl sites for hydroxylation is 1. The van der Waals surface area contributed by atoms with Crippen molar-refractivity contribution in [2.24, 2.45) is 0 Å². The molecule has 5 heteroatoms. The first kappa shape index (κ1) is 17.1. The highest BCUT2D eigenvalue weighted by atomic mass is 16.6. The van der Waals surface area contributed by atoms with Crippen LogP contribution >= 0.6 is 0 Å². The van der Waals surface area contributed by atoms with E-state index in [1.54, 1.807) is 12.1 Å². The number of aliphatic hydroxyl groups excluding tert-OH is 1. The van der Waals surface area contributed by atoms with E-state index in [-0.39, 0.29) is 16.7 Å². The summed E-state index contributed by atoms with van der Waals surface area (Å²) in [5.74, 6) is 0. The molecule has 0 aromatic heterocycles. The SMILES string of the molecule is C[C@H](CCc1ccc([N+](=O)[O-])cc1)NC[C@@H](O)c1ccccc1. The van der Waals surface area contributed by atoms with Gasteiger partial charge < -0.3 is 10.4 Å². The van der Waals surface area contributed by atoms with Crippen LogP contribution in [-0.2, 0) is 6.42 Å². The highest BCUT2D eigenvalue weighted by Crippen LogP contribution is 2.14. The van der Waals surface area contributed by atoms with E-state index in [1.165, 1.54) is 12.1 Å². The Labute approximate surface area is 136 Å². The van der Waals surface area contributed by atoms with Gasteiger partial charge in [0.1, 0.15) is 0 Å². The number of nitro groups is 1. The minimum atomic E-state index is -0.516. The van der Waals surface area contributed by atoms with E-state index in [1.807, 2.05) is 30.3 Å². The number of nitro benzene ring substituents is 1. The zero-order chi connectivity index (χ0) is 16.7. The van der Waals surface area contributed by atoms with Gasteiger partial charge in [0, 0.05) is 24.7 Å². The quantitative estimate of drug-likeness (QED) is 0.579. The molecule has 0 aliphatic carbocycles. The van der Waals surface area contributed by atoms with Crippen molar-refractivity contribution in [2.45, 2.75) is 31.9 Å². The molecule has 0 aliphatic heterocycles. The molecule has 0 bridgehead atoms. The first-order valence-electron chi connectivity index (χ1n) is 7.76. The van der Waals surface area contributed by atoms with Crippen LogP contribution in [0.15, 0.2) is 54.6 Å². The number of hydrogen-bond donors (Lipinski definition) is 2. The van der Waals surface area contributed by atoms with Crippen LogP contribution in [0.25, 0.3) is 0 Å². The van der Waals surface area contributed by atoms with Crippen LogP contribution < -0.4 is 5.32 Å². The predicted octanol–water partition coefficient (Wildman–Crippen LogP) is 3.24. The highest BCUT2D eigenvalue weighted by molar-refractivity contribution is 5.32. The number of rotatable bonds is 8. The molecule has 0 amide bonds. The average molecular weight is 314 g/mol. The molecule has 2 atom stereocenters. The minimum Gasteiger partial charge on any atom is -0.387 e. The molecule has 0 fully saturated rings. The topological polar surface area (TPSA) is 75.4 Å². The normalized spacial score (nSPS) is 13.5. The van der Waals surface area contributed by atoms with Crippen molar-refractivity contribution >= 4 is 5.69 Å². The van der Waals surface area contributed by atoms with E-state index in [0.29, 0.717) is 6.54 Å². The number of nitrogens with zero attached hydrogens (tertiary/aromatic N) is 1. The van der Waals surface area contributed by atoms with Gasteiger partial charge in [-0.1, -0.05) is 42.5 Å². The molecule has 0 radical (unpaired) electrons. The zero-order valence-corrected chi connectivity index (χ0v) is 13.2. The van der Waals surface area contributed by atoms with Crippen LogP contribution in [-0.4, -0.2) is 22.6 Å². The van der Waals surface area contributed by atoms with Crippen LogP contribution in [0.1, 0.15) is 30.6 Å². The fraction of sp³-hybridized carbons (Fsp3) is 0.333. The third-order valence-electron chi connectivity index (χ3n) is 3.86. The van der Waals surface area contributed by atoms with E-state index in [2.05, 4.69) is 12.2 Å². The lowest BCUT2D eigenvalue weighted by Gasteiger charge is -2.17. The van der Waals surface area contributed by atoms with Crippen LogP contribution in [0.2, 0.25) is 0 Å². The molecule has 23 heavy (non-hydrogen) atoms. The summed E-state index contributed by atoms with van der Waals surface area (Å²) in [5.41, 5.74) is 2.10. The predicted molar refractivity (Wildman–Crippen MR) is 90.3 cm³/mol. The lowest BCUT2D eigenvalue weighted by atomic mass is 10.0. The monoisotopic (exact) mass is 314 g/mol. The number of nitrogens with one attached hydrogen (secondary N) is 1. The van der Waals surface area contributed by atoms with Crippen molar-refractivity contribution in [1.29, 1.82) is 0 Å². The smallest absolute Gasteiger partial charge is 0.269 e. The molecule has 5 nitrogen and oxygen atoms in total. The molecule has 2 aromatic carbocycles. The Hall–Kier alpha value is -2.24. The summed E-state index contributed by atoms with van der Waals surface area (Å²) in [7, 11) is 0. The summed E-state index contributed by atoms with van der Waals surface area (Å²) in [4.78, 5) is 10.2. The molecule has 2 rings (SSSR count). The third kappa shape index (κ3) is 5.47. The van der Waals surface area contributed by atoms with Gasteiger partial charge in [0.2, 0.25) is 0 Å². The minimum absolute atomic E-state index is 0.117. The van der Waals surface area contributed by atoms with E-state index in [9.17, 15) is 15.2 Å². The standard InChI is InChI=1S/C18H22N2O3/c1-14(19-13-18(21)16-5-3-2-4-6-16)7-8-15-9-11-17(12-10-15)20(22)23/h2-6,9-12,14,18-19,21H,7-8,13H2,1H3/t14-,18-/m1/s1.